The number of nitrogens with one attached hydrogen (secondary N) is 1. The first-order chi connectivity index (χ1) is 8.55. The fraction of sp³-hybridized carbons (Fsp3) is 0.500. The lowest BCUT2D eigenvalue weighted by molar-refractivity contribution is -0.145. The van der Waals surface area contributed by atoms with Gasteiger partial charge in [-0.25, -0.2) is 4.79 Å². The van der Waals surface area contributed by atoms with E-state index in [4.69, 9.17) is 4.74 Å². The van der Waals surface area contributed by atoms with Gasteiger partial charge in [-0.2, -0.15) is 11.8 Å². The van der Waals surface area contributed by atoms with E-state index in [2.05, 4.69) is 18.3 Å². The number of aryl methyl sites for hydroxylation is 1. The van der Waals surface area contributed by atoms with Crippen molar-refractivity contribution in [2.45, 2.75) is 31.1 Å². The third-order valence-corrected chi connectivity index (χ3v) is 4.62. The van der Waals surface area contributed by atoms with Crippen molar-refractivity contribution < 1.29 is 9.53 Å². The van der Waals surface area contributed by atoms with Crippen LogP contribution in [0.4, 0.5) is 5.69 Å². The van der Waals surface area contributed by atoms with E-state index in [-0.39, 0.29) is 5.97 Å². The van der Waals surface area contributed by atoms with E-state index in [1.807, 2.05) is 36.9 Å². The molecule has 0 aliphatic carbocycles. The minimum Gasteiger partial charge on any atom is -0.467 e. The summed E-state index contributed by atoms with van der Waals surface area (Å²) < 4.78 is 4.97. The molecule has 1 aliphatic rings. The van der Waals surface area contributed by atoms with Gasteiger partial charge >= 0.3 is 5.97 Å². The lowest BCUT2D eigenvalue weighted by atomic mass is 9.95. The number of esters is 1. The summed E-state index contributed by atoms with van der Waals surface area (Å²) >= 11 is 1.81. The second-order valence-electron chi connectivity index (χ2n) is 4.89. The minimum absolute atomic E-state index is 0.166. The van der Waals surface area contributed by atoms with E-state index in [0.717, 1.165) is 17.9 Å². The van der Waals surface area contributed by atoms with E-state index in [1.165, 1.54) is 12.7 Å². The monoisotopic (exact) mass is 265 g/mol. The zero-order chi connectivity index (χ0) is 13.2. The quantitative estimate of drug-likeness (QED) is 0.853. The van der Waals surface area contributed by atoms with Crippen molar-refractivity contribution in [3.63, 3.8) is 0 Å². The summed E-state index contributed by atoms with van der Waals surface area (Å²) in [6.45, 7) is 4.19. The average molecular weight is 265 g/mol. The van der Waals surface area contributed by atoms with E-state index in [0.29, 0.717) is 5.25 Å². The molecule has 0 radical (unpaired) electrons. The number of rotatable bonds is 3. The summed E-state index contributed by atoms with van der Waals surface area (Å²) in [7, 11) is 1.45. The Morgan fingerprint density at radius 2 is 2.33 bits per heavy atom. The molecule has 0 spiro atoms. The Balaban J connectivity index is 2.23. The Morgan fingerprint density at radius 1 is 1.56 bits per heavy atom. The first kappa shape index (κ1) is 13.3. The molecule has 1 aromatic carbocycles. The highest BCUT2D eigenvalue weighted by Gasteiger charge is 2.45. The van der Waals surface area contributed by atoms with Crippen LogP contribution in [0.1, 0.15) is 18.9 Å². The van der Waals surface area contributed by atoms with Crippen LogP contribution in [0.5, 0.6) is 0 Å². The zero-order valence-corrected chi connectivity index (χ0v) is 11.8. The maximum atomic E-state index is 12.1. The van der Waals surface area contributed by atoms with Crippen LogP contribution in [0.2, 0.25) is 0 Å². The van der Waals surface area contributed by atoms with Crippen LogP contribution in [-0.2, 0) is 9.53 Å². The fourth-order valence-corrected chi connectivity index (χ4v) is 3.65. The maximum absolute atomic E-state index is 12.1. The smallest absolute Gasteiger partial charge is 0.332 e. The van der Waals surface area contributed by atoms with Crippen LogP contribution in [0.25, 0.3) is 0 Å². The molecule has 1 aromatic rings. The van der Waals surface area contributed by atoms with Crippen molar-refractivity contribution in [3.8, 4) is 0 Å². The summed E-state index contributed by atoms with van der Waals surface area (Å²) in [6.07, 6.45) is 0.804. The number of anilines is 1. The Labute approximate surface area is 112 Å². The van der Waals surface area contributed by atoms with Gasteiger partial charge in [0.1, 0.15) is 5.54 Å². The fourth-order valence-electron chi connectivity index (χ4n) is 2.37. The molecule has 1 heterocycles. The largest absolute Gasteiger partial charge is 0.467 e. The number of carbonyl (C=O) groups excluding carboxylic acids is 1. The number of benzene rings is 1. The van der Waals surface area contributed by atoms with E-state index >= 15 is 0 Å². The second kappa shape index (κ2) is 5.22. The van der Waals surface area contributed by atoms with Crippen molar-refractivity contribution in [2.24, 2.45) is 0 Å². The zero-order valence-electron chi connectivity index (χ0n) is 11.0. The van der Waals surface area contributed by atoms with Crippen molar-refractivity contribution in [1.29, 1.82) is 0 Å². The minimum atomic E-state index is -0.577. The molecule has 0 bridgehead atoms. The molecule has 0 amide bonds. The third-order valence-electron chi connectivity index (χ3n) is 3.23. The standard InChI is InChI=1S/C14H19NO2S/c1-10-5-4-6-12(7-10)15-14(13(16)17-3)8-11(2)18-9-14/h4-7,11,15H,8-9H2,1-3H3. The van der Waals surface area contributed by atoms with Gasteiger partial charge in [-0.05, 0) is 31.0 Å². The molecule has 2 rings (SSSR count). The highest BCUT2D eigenvalue weighted by molar-refractivity contribution is 8.00. The Bertz CT molecular complexity index is 449. The lowest BCUT2D eigenvalue weighted by Gasteiger charge is -2.28. The van der Waals surface area contributed by atoms with Gasteiger partial charge in [-0.1, -0.05) is 19.1 Å². The van der Waals surface area contributed by atoms with Crippen LogP contribution in [0.3, 0.4) is 0 Å². The van der Waals surface area contributed by atoms with Crippen molar-refractivity contribution in [3.05, 3.63) is 29.8 Å². The summed E-state index contributed by atoms with van der Waals surface area (Å²) in [5.41, 5.74) is 1.58. The van der Waals surface area contributed by atoms with Gasteiger partial charge in [0.2, 0.25) is 0 Å². The molecule has 18 heavy (non-hydrogen) atoms. The van der Waals surface area contributed by atoms with Gasteiger partial charge < -0.3 is 10.1 Å². The molecule has 1 saturated heterocycles. The van der Waals surface area contributed by atoms with E-state index < -0.39 is 5.54 Å². The highest BCUT2D eigenvalue weighted by Crippen LogP contribution is 2.37. The molecule has 3 nitrogen and oxygen atoms in total. The Hall–Kier alpha value is -1.16. The molecule has 0 aromatic heterocycles. The summed E-state index contributed by atoms with van der Waals surface area (Å²) in [5, 5.41) is 3.85. The molecule has 2 unspecified atom stereocenters. The van der Waals surface area contributed by atoms with Gasteiger partial charge in [0, 0.05) is 16.7 Å². The van der Waals surface area contributed by atoms with Crippen LogP contribution < -0.4 is 5.32 Å². The summed E-state index contributed by atoms with van der Waals surface area (Å²) in [6, 6.07) is 8.08. The van der Waals surface area contributed by atoms with Gasteiger partial charge in [-0.3, -0.25) is 0 Å². The molecule has 4 heteroatoms. The number of hydrogen-bond acceptors (Lipinski definition) is 4. The molecule has 98 valence electrons. The molecular formula is C14H19NO2S. The van der Waals surface area contributed by atoms with E-state index in [9.17, 15) is 4.79 Å². The molecule has 1 N–H and O–H groups in total. The SMILES string of the molecule is COC(=O)C1(Nc2cccc(C)c2)CSC(C)C1. The third kappa shape index (κ3) is 2.64. The number of thioether (sulfide) groups is 1. The molecule has 1 aliphatic heterocycles. The molecular weight excluding hydrogens is 246 g/mol. The normalized spacial score (nSPS) is 26.9. The van der Waals surface area contributed by atoms with Gasteiger partial charge in [0.05, 0.1) is 7.11 Å². The molecule has 2 atom stereocenters. The predicted octanol–water partition coefficient (Wildman–Crippen LogP) is 2.84. The summed E-state index contributed by atoms with van der Waals surface area (Å²) in [5.74, 6) is 0.593. The average Bonchev–Trinajstić information content (AvgIpc) is 2.71. The van der Waals surface area contributed by atoms with Crippen LogP contribution >= 0.6 is 11.8 Å². The first-order valence-electron chi connectivity index (χ1n) is 6.10. The Kier molecular flexibility index (Phi) is 3.85. The van der Waals surface area contributed by atoms with Gasteiger partial charge in [0.15, 0.2) is 0 Å². The topological polar surface area (TPSA) is 38.3 Å². The second-order valence-corrected chi connectivity index (χ2v) is 6.32. The van der Waals surface area contributed by atoms with Crippen LogP contribution in [0, 0.1) is 6.92 Å². The van der Waals surface area contributed by atoms with Crippen LogP contribution in [0.15, 0.2) is 24.3 Å². The molecule has 1 fully saturated rings. The highest BCUT2D eigenvalue weighted by atomic mass is 32.2. The first-order valence-corrected chi connectivity index (χ1v) is 7.15. The van der Waals surface area contributed by atoms with Gasteiger partial charge in [-0.15, -0.1) is 0 Å². The van der Waals surface area contributed by atoms with Crippen molar-refractivity contribution >= 4 is 23.4 Å². The molecule has 0 saturated carbocycles. The van der Waals surface area contributed by atoms with Crippen LogP contribution in [-0.4, -0.2) is 29.6 Å². The van der Waals surface area contributed by atoms with Crippen molar-refractivity contribution in [1.82, 2.24) is 0 Å². The van der Waals surface area contributed by atoms with Crippen molar-refractivity contribution in [2.75, 3.05) is 18.2 Å². The number of methoxy groups -OCH3 is 1. The lowest BCUT2D eigenvalue weighted by Crippen LogP contribution is -2.47. The number of carbonyl (C=O) groups is 1. The summed E-state index contributed by atoms with van der Waals surface area (Å²) in [4.78, 5) is 12.1. The number of ether oxygens (including phenoxy) is 1. The number of hydrogen-bond donors (Lipinski definition) is 1. The Morgan fingerprint density at radius 3 is 2.89 bits per heavy atom. The van der Waals surface area contributed by atoms with E-state index in [1.54, 1.807) is 0 Å². The predicted molar refractivity (Wildman–Crippen MR) is 76.1 cm³/mol. The maximum Gasteiger partial charge on any atom is 0.332 e. The van der Waals surface area contributed by atoms with Gasteiger partial charge in [0.25, 0.3) is 0 Å².